The molecule has 6 nitrogen and oxygen atoms in total. The first-order chi connectivity index (χ1) is 13.6. The molecule has 0 atom stereocenters. The summed E-state index contributed by atoms with van der Waals surface area (Å²) in [7, 11) is 0. The molecule has 2 heterocycles. The summed E-state index contributed by atoms with van der Waals surface area (Å²) in [5, 5.41) is 0.548. The van der Waals surface area contributed by atoms with Gasteiger partial charge in [-0.1, -0.05) is 29.8 Å². The predicted molar refractivity (Wildman–Crippen MR) is 108 cm³/mol. The third kappa shape index (κ3) is 3.87. The summed E-state index contributed by atoms with van der Waals surface area (Å²) in [5.74, 6) is 0.0621. The topological polar surface area (TPSA) is 58.4 Å². The summed E-state index contributed by atoms with van der Waals surface area (Å²) in [6.07, 6.45) is 2.20. The second-order valence-corrected chi connectivity index (χ2v) is 7.30. The second-order valence-electron chi connectivity index (χ2n) is 6.86. The van der Waals surface area contributed by atoms with E-state index in [1.165, 1.54) is 0 Å². The van der Waals surface area contributed by atoms with Crippen molar-refractivity contribution in [1.29, 1.82) is 0 Å². The Morgan fingerprint density at radius 2 is 1.71 bits per heavy atom. The van der Waals surface area contributed by atoms with Gasteiger partial charge in [0.25, 0.3) is 5.91 Å². The number of hydrogen-bond donors (Lipinski definition) is 0. The lowest BCUT2D eigenvalue weighted by atomic mass is 10.2. The minimum absolute atomic E-state index is 0.0421. The van der Waals surface area contributed by atoms with E-state index in [1.54, 1.807) is 35.5 Å². The van der Waals surface area contributed by atoms with Crippen LogP contribution >= 0.6 is 11.6 Å². The van der Waals surface area contributed by atoms with E-state index in [9.17, 15) is 9.59 Å². The third-order valence-corrected chi connectivity index (χ3v) is 5.32. The summed E-state index contributed by atoms with van der Waals surface area (Å²) < 4.78 is 2.01. The number of imidazole rings is 1. The fourth-order valence-electron chi connectivity index (χ4n) is 3.53. The first-order valence-electron chi connectivity index (χ1n) is 9.34. The molecule has 2 aromatic carbocycles. The second kappa shape index (κ2) is 8.02. The SMILES string of the molecule is O=C(CCn1cnc2ccccc21)N1CCN(C(=O)c2cccc(Cl)c2)CC1. The molecule has 0 aliphatic carbocycles. The Kier molecular flexibility index (Phi) is 5.30. The van der Waals surface area contributed by atoms with Crippen molar-refractivity contribution in [2.75, 3.05) is 26.2 Å². The molecule has 0 saturated carbocycles. The molecule has 28 heavy (non-hydrogen) atoms. The van der Waals surface area contributed by atoms with Crippen LogP contribution in [-0.4, -0.2) is 57.3 Å². The lowest BCUT2D eigenvalue weighted by molar-refractivity contribution is -0.132. The number of amides is 2. The van der Waals surface area contributed by atoms with Crippen LogP contribution in [0, 0.1) is 0 Å². The lowest BCUT2D eigenvalue weighted by Gasteiger charge is -2.35. The zero-order chi connectivity index (χ0) is 19.5. The Morgan fingerprint density at radius 3 is 2.50 bits per heavy atom. The van der Waals surface area contributed by atoms with E-state index in [4.69, 9.17) is 11.6 Å². The largest absolute Gasteiger partial charge is 0.339 e. The Morgan fingerprint density at radius 1 is 0.964 bits per heavy atom. The van der Waals surface area contributed by atoms with Gasteiger partial charge in [0.2, 0.25) is 5.91 Å². The molecule has 4 rings (SSSR count). The van der Waals surface area contributed by atoms with Crippen LogP contribution < -0.4 is 0 Å². The highest BCUT2D eigenvalue weighted by Crippen LogP contribution is 2.15. The summed E-state index contributed by atoms with van der Waals surface area (Å²) >= 11 is 5.98. The van der Waals surface area contributed by atoms with Crippen LogP contribution in [0.25, 0.3) is 11.0 Å². The van der Waals surface area contributed by atoms with Gasteiger partial charge in [-0.15, -0.1) is 0 Å². The van der Waals surface area contributed by atoms with Crippen molar-refractivity contribution >= 4 is 34.4 Å². The molecule has 1 fully saturated rings. The highest BCUT2D eigenvalue weighted by molar-refractivity contribution is 6.30. The Labute approximate surface area is 168 Å². The monoisotopic (exact) mass is 396 g/mol. The number of halogens is 1. The molecule has 1 aromatic heterocycles. The van der Waals surface area contributed by atoms with Gasteiger partial charge in [-0.2, -0.15) is 0 Å². The van der Waals surface area contributed by atoms with Crippen LogP contribution in [0.2, 0.25) is 5.02 Å². The zero-order valence-corrected chi connectivity index (χ0v) is 16.2. The highest BCUT2D eigenvalue weighted by Gasteiger charge is 2.24. The van der Waals surface area contributed by atoms with E-state index in [0.717, 1.165) is 11.0 Å². The number of carbonyl (C=O) groups is 2. The van der Waals surface area contributed by atoms with Gasteiger partial charge in [-0.3, -0.25) is 9.59 Å². The summed E-state index contributed by atoms with van der Waals surface area (Å²) in [4.78, 5) is 33.1. The molecule has 2 amide bonds. The van der Waals surface area contributed by atoms with Crippen molar-refractivity contribution in [1.82, 2.24) is 19.4 Å². The molecule has 0 unspecified atom stereocenters. The number of aromatic nitrogens is 2. The van der Waals surface area contributed by atoms with Gasteiger partial charge >= 0.3 is 0 Å². The first kappa shape index (κ1) is 18.5. The molecule has 0 spiro atoms. The smallest absolute Gasteiger partial charge is 0.254 e. The van der Waals surface area contributed by atoms with E-state index < -0.39 is 0 Å². The number of rotatable bonds is 4. The minimum atomic E-state index is -0.0421. The van der Waals surface area contributed by atoms with Crippen LogP contribution in [0.4, 0.5) is 0 Å². The van der Waals surface area contributed by atoms with E-state index in [1.807, 2.05) is 33.7 Å². The van der Waals surface area contributed by atoms with Crippen molar-refractivity contribution < 1.29 is 9.59 Å². The molecule has 0 radical (unpaired) electrons. The van der Waals surface area contributed by atoms with E-state index in [-0.39, 0.29) is 11.8 Å². The molecule has 144 valence electrons. The third-order valence-electron chi connectivity index (χ3n) is 5.09. The Hall–Kier alpha value is -2.86. The van der Waals surface area contributed by atoms with Crippen molar-refractivity contribution in [3.63, 3.8) is 0 Å². The fourth-order valence-corrected chi connectivity index (χ4v) is 3.72. The van der Waals surface area contributed by atoms with E-state index >= 15 is 0 Å². The first-order valence-corrected chi connectivity index (χ1v) is 9.72. The van der Waals surface area contributed by atoms with Crippen LogP contribution in [0.15, 0.2) is 54.9 Å². The number of piperazine rings is 1. The predicted octanol–water partition coefficient (Wildman–Crippen LogP) is 3.06. The van der Waals surface area contributed by atoms with E-state index in [2.05, 4.69) is 4.98 Å². The molecule has 1 aliphatic rings. The highest BCUT2D eigenvalue weighted by atomic mass is 35.5. The zero-order valence-electron chi connectivity index (χ0n) is 15.4. The van der Waals surface area contributed by atoms with Gasteiger partial charge in [0, 0.05) is 49.7 Å². The number of nitrogens with zero attached hydrogens (tertiary/aromatic N) is 4. The van der Waals surface area contributed by atoms with Gasteiger partial charge in [0.1, 0.15) is 0 Å². The summed E-state index contributed by atoms with van der Waals surface area (Å²) in [5.41, 5.74) is 2.55. The maximum Gasteiger partial charge on any atom is 0.254 e. The van der Waals surface area contributed by atoms with Gasteiger partial charge in [-0.25, -0.2) is 4.98 Å². The molecule has 7 heteroatoms. The van der Waals surface area contributed by atoms with Gasteiger partial charge < -0.3 is 14.4 Å². The summed E-state index contributed by atoms with van der Waals surface area (Å²) in [6.45, 7) is 2.77. The number of carbonyl (C=O) groups excluding carboxylic acids is 2. The molecule has 0 N–H and O–H groups in total. The average molecular weight is 397 g/mol. The lowest BCUT2D eigenvalue weighted by Crippen LogP contribution is -2.50. The van der Waals surface area contributed by atoms with E-state index in [0.29, 0.717) is 49.7 Å². The van der Waals surface area contributed by atoms with Crippen molar-refractivity contribution in [2.45, 2.75) is 13.0 Å². The normalized spacial score (nSPS) is 14.5. The Balaban J connectivity index is 1.31. The quantitative estimate of drug-likeness (QED) is 0.681. The maximum atomic E-state index is 12.6. The molecule has 1 aliphatic heterocycles. The molecular weight excluding hydrogens is 376 g/mol. The maximum absolute atomic E-state index is 12.6. The van der Waals surface area contributed by atoms with Crippen LogP contribution in [0.3, 0.4) is 0 Å². The number of para-hydroxylation sites is 2. The van der Waals surface area contributed by atoms with Gasteiger partial charge in [0.05, 0.1) is 17.4 Å². The average Bonchev–Trinajstić information content (AvgIpc) is 3.15. The van der Waals surface area contributed by atoms with Crippen molar-refractivity contribution in [2.24, 2.45) is 0 Å². The van der Waals surface area contributed by atoms with Gasteiger partial charge in [0.15, 0.2) is 0 Å². The standard InChI is InChI=1S/C21H21ClN4O2/c22-17-5-3-4-16(14-17)21(28)25-12-10-24(11-13-25)20(27)8-9-26-15-23-18-6-1-2-7-19(18)26/h1-7,14-15H,8-13H2. The number of aryl methyl sites for hydroxylation is 1. The summed E-state index contributed by atoms with van der Waals surface area (Å²) in [6, 6.07) is 14.9. The molecule has 1 saturated heterocycles. The minimum Gasteiger partial charge on any atom is -0.339 e. The fraction of sp³-hybridized carbons (Fsp3) is 0.286. The molecule has 0 bridgehead atoms. The number of hydrogen-bond acceptors (Lipinski definition) is 3. The molecular formula is C21H21ClN4O2. The Bertz CT molecular complexity index is 1010. The van der Waals surface area contributed by atoms with Crippen LogP contribution in [0.5, 0.6) is 0 Å². The number of fused-ring (bicyclic) bond motifs is 1. The van der Waals surface area contributed by atoms with Crippen molar-refractivity contribution in [3.05, 3.63) is 65.4 Å². The van der Waals surface area contributed by atoms with Crippen molar-refractivity contribution in [3.8, 4) is 0 Å². The van der Waals surface area contributed by atoms with Crippen LogP contribution in [0.1, 0.15) is 16.8 Å². The number of benzene rings is 2. The van der Waals surface area contributed by atoms with Crippen LogP contribution in [-0.2, 0) is 11.3 Å². The molecule has 3 aromatic rings. The van der Waals surface area contributed by atoms with Gasteiger partial charge in [-0.05, 0) is 30.3 Å².